The van der Waals surface area contributed by atoms with Crippen molar-refractivity contribution in [2.24, 2.45) is 9.98 Å². The number of para-hydroxylation sites is 4. The monoisotopic (exact) mass is 355 g/mol. The van der Waals surface area contributed by atoms with Crippen LogP contribution >= 0.6 is 0 Å². The summed E-state index contributed by atoms with van der Waals surface area (Å²) in [6, 6.07) is 24.3. The first-order chi connectivity index (χ1) is 13.2. The second-order valence-corrected chi connectivity index (χ2v) is 6.47. The van der Waals surface area contributed by atoms with Crippen LogP contribution in [0.5, 0.6) is 5.75 Å². The number of nitrogens with one attached hydrogen (secondary N) is 1. The topological polar surface area (TPSA) is 46.0 Å². The van der Waals surface area contributed by atoms with Crippen molar-refractivity contribution in [2.45, 2.75) is 13.3 Å². The Morgan fingerprint density at radius 2 is 1.48 bits per heavy atom. The molecule has 0 atom stereocenters. The zero-order valence-corrected chi connectivity index (χ0v) is 15.4. The van der Waals surface area contributed by atoms with Crippen LogP contribution in [0.4, 0.5) is 17.1 Å². The van der Waals surface area contributed by atoms with Crippen molar-refractivity contribution in [1.82, 2.24) is 0 Å². The minimum Gasteiger partial charge on any atom is -0.495 e. The van der Waals surface area contributed by atoms with Crippen molar-refractivity contribution < 1.29 is 4.74 Å². The lowest BCUT2D eigenvalue weighted by Gasteiger charge is -2.13. The number of methoxy groups -OCH3 is 1. The number of amidine groups is 1. The fourth-order valence-corrected chi connectivity index (χ4v) is 3.07. The van der Waals surface area contributed by atoms with Crippen molar-refractivity contribution in [1.29, 1.82) is 0 Å². The minimum atomic E-state index is 0.607. The molecular weight excluding hydrogens is 334 g/mol. The molecule has 1 heterocycles. The number of aliphatic imine (C=N–C) groups is 2. The lowest BCUT2D eigenvalue weighted by Crippen LogP contribution is -2.17. The smallest absolute Gasteiger partial charge is 0.142 e. The zero-order valence-electron chi connectivity index (χ0n) is 15.4. The van der Waals surface area contributed by atoms with Crippen LogP contribution in [0.3, 0.4) is 0 Å². The van der Waals surface area contributed by atoms with Crippen LogP contribution in [0, 0.1) is 6.92 Å². The number of fused-ring (bicyclic) bond motifs is 1. The fraction of sp³-hybridized carbons (Fsp3) is 0.130. The van der Waals surface area contributed by atoms with Gasteiger partial charge in [-0.3, -0.25) is 4.99 Å². The highest BCUT2D eigenvalue weighted by Crippen LogP contribution is 2.32. The Morgan fingerprint density at radius 3 is 2.22 bits per heavy atom. The van der Waals surface area contributed by atoms with E-state index in [1.807, 2.05) is 48.5 Å². The van der Waals surface area contributed by atoms with E-state index >= 15 is 0 Å². The molecule has 1 aliphatic heterocycles. The summed E-state index contributed by atoms with van der Waals surface area (Å²) in [6.07, 6.45) is 0.607. The van der Waals surface area contributed by atoms with E-state index in [0.29, 0.717) is 6.42 Å². The molecule has 3 aromatic carbocycles. The molecule has 27 heavy (non-hydrogen) atoms. The molecule has 4 heteroatoms. The van der Waals surface area contributed by atoms with Crippen LogP contribution in [0.2, 0.25) is 0 Å². The normalized spacial score (nSPS) is 13.1. The summed E-state index contributed by atoms with van der Waals surface area (Å²) < 4.78 is 5.46. The van der Waals surface area contributed by atoms with Crippen molar-refractivity contribution >= 4 is 28.6 Å². The van der Waals surface area contributed by atoms with Gasteiger partial charge < -0.3 is 10.1 Å². The van der Waals surface area contributed by atoms with E-state index in [1.165, 1.54) is 5.56 Å². The molecule has 0 fully saturated rings. The van der Waals surface area contributed by atoms with E-state index in [1.54, 1.807) is 7.11 Å². The number of hydrogen-bond donors (Lipinski definition) is 1. The van der Waals surface area contributed by atoms with Crippen LogP contribution < -0.4 is 10.1 Å². The maximum Gasteiger partial charge on any atom is 0.142 e. The van der Waals surface area contributed by atoms with Gasteiger partial charge in [0.1, 0.15) is 11.6 Å². The Morgan fingerprint density at radius 1 is 0.815 bits per heavy atom. The first-order valence-corrected chi connectivity index (χ1v) is 8.94. The summed E-state index contributed by atoms with van der Waals surface area (Å²) >= 11 is 0. The Labute approximate surface area is 159 Å². The molecule has 4 rings (SSSR count). The van der Waals surface area contributed by atoms with Gasteiger partial charge in [-0.2, -0.15) is 0 Å². The molecule has 0 saturated carbocycles. The average Bonchev–Trinajstić information content (AvgIpc) is 2.88. The molecule has 0 unspecified atom stereocenters. The average molecular weight is 355 g/mol. The Balaban J connectivity index is 1.75. The summed E-state index contributed by atoms with van der Waals surface area (Å²) in [5.74, 6) is 1.62. The van der Waals surface area contributed by atoms with Gasteiger partial charge in [0, 0.05) is 6.42 Å². The largest absolute Gasteiger partial charge is 0.495 e. The third-order valence-electron chi connectivity index (χ3n) is 4.50. The van der Waals surface area contributed by atoms with Crippen LogP contribution in [-0.4, -0.2) is 18.7 Å². The highest BCUT2D eigenvalue weighted by Gasteiger charge is 2.16. The highest BCUT2D eigenvalue weighted by atomic mass is 16.5. The van der Waals surface area contributed by atoms with E-state index in [0.717, 1.165) is 39.9 Å². The predicted octanol–water partition coefficient (Wildman–Crippen LogP) is 5.67. The van der Waals surface area contributed by atoms with Crippen LogP contribution in [0.1, 0.15) is 17.5 Å². The van der Waals surface area contributed by atoms with Crippen LogP contribution in [0.15, 0.2) is 82.8 Å². The van der Waals surface area contributed by atoms with Crippen LogP contribution in [-0.2, 0) is 0 Å². The van der Waals surface area contributed by atoms with Crippen molar-refractivity contribution in [3.63, 3.8) is 0 Å². The summed E-state index contributed by atoms with van der Waals surface area (Å²) in [5.41, 5.74) is 5.95. The second kappa shape index (κ2) is 7.46. The van der Waals surface area contributed by atoms with Gasteiger partial charge in [-0.15, -0.1) is 0 Å². The number of rotatable bonds is 3. The maximum atomic E-state index is 5.46. The summed E-state index contributed by atoms with van der Waals surface area (Å²) in [7, 11) is 1.67. The van der Waals surface area contributed by atoms with Crippen molar-refractivity contribution in [3.8, 4) is 5.75 Å². The predicted molar refractivity (Wildman–Crippen MR) is 112 cm³/mol. The Kier molecular flexibility index (Phi) is 4.71. The van der Waals surface area contributed by atoms with E-state index < -0.39 is 0 Å². The number of benzene rings is 3. The van der Waals surface area contributed by atoms with Gasteiger partial charge in [-0.1, -0.05) is 54.1 Å². The molecule has 0 bridgehead atoms. The Hall–Kier alpha value is -3.40. The van der Waals surface area contributed by atoms with Gasteiger partial charge in [0.05, 0.1) is 29.9 Å². The minimum absolute atomic E-state index is 0.607. The first kappa shape index (κ1) is 17.0. The number of anilines is 1. The SMILES string of the molecule is COc1ccccc1NC1=Nc2ccccc2N=C(c2ccc(C)cc2)C1. The molecule has 3 aromatic rings. The van der Waals surface area contributed by atoms with Crippen molar-refractivity contribution in [3.05, 3.63) is 83.9 Å². The fourth-order valence-electron chi connectivity index (χ4n) is 3.07. The molecule has 0 aromatic heterocycles. The van der Waals surface area contributed by atoms with Gasteiger partial charge in [-0.05, 0) is 36.8 Å². The van der Waals surface area contributed by atoms with Gasteiger partial charge in [-0.25, -0.2) is 4.99 Å². The van der Waals surface area contributed by atoms with Gasteiger partial charge in [0.15, 0.2) is 0 Å². The molecule has 1 N–H and O–H groups in total. The summed E-state index contributed by atoms with van der Waals surface area (Å²) in [6.45, 7) is 2.09. The second-order valence-electron chi connectivity index (χ2n) is 6.47. The zero-order chi connectivity index (χ0) is 18.6. The van der Waals surface area contributed by atoms with E-state index in [-0.39, 0.29) is 0 Å². The molecule has 0 saturated heterocycles. The van der Waals surface area contributed by atoms with Crippen molar-refractivity contribution in [2.75, 3.05) is 12.4 Å². The standard InChI is InChI=1S/C23H21N3O/c1-16-11-13-17(14-12-16)21-15-23(25-19-8-4-3-7-18(19)24-21)26-20-9-5-6-10-22(20)27-2/h3-14H,15H2,1-2H3,(H,25,26). The van der Waals surface area contributed by atoms with E-state index in [2.05, 4.69) is 36.5 Å². The Bertz CT molecular complexity index is 1020. The number of aryl methyl sites for hydroxylation is 1. The molecule has 4 nitrogen and oxygen atoms in total. The number of ether oxygens (including phenoxy) is 1. The molecule has 0 aliphatic carbocycles. The third-order valence-corrected chi connectivity index (χ3v) is 4.50. The molecular formula is C23H21N3O. The van der Waals surface area contributed by atoms with Gasteiger partial charge in [0.2, 0.25) is 0 Å². The molecule has 0 amide bonds. The summed E-state index contributed by atoms with van der Waals surface area (Å²) in [5, 5.41) is 3.44. The first-order valence-electron chi connectivity index (χ1n) is 8.94. The van der Waals surface area contributed by atoms with Gasteiger partial charge in [0.25, 0.3) is 0 Å². The van der Waals surface area contributed by atoms with Gasteiger partial charge >= 0.3 is 0 Å². The lowest BCUT2D eigenvalue weighted by atomic mass is 10.0. The molecule has 0 spiro atoms. The lowest BCUT2D eigenvalue weighted by molar-refractivity contribution is 0.417. The van der Waals surface area contributed by atoms with Crippen LogP contribution in [0.25, 0.3) is 0 Å². The third kappa shape index (κ3) is 3.75. The summed E-state index contributed by atoms with van der Waals surface area (Å²) in [4.78, 5) is 9.74. The van der Waals surface area contributed by atoms with E-state index in [9.17, 15) is 0 Å². The molecule has 0 radical (unpaired) electrons. The molecule has 134 valence electrons. The maximum absolute atomic E-state index is 5.46. The quantitative estimate of drug-likeness (QED) is 0.658. The number of hydrogen-bond acceptors (Lipinski definition) is 4. The number of nitrogens with zero attached hydrogens (tertiary/aromatic N) is 2. The molecule has 1 aliphatic rings. The van der Waals surface area contributed by atoms with E-state index in [4.69, 9.17) is 14.7 Å². The highest BCUT2D eigenvalue weighted by molar-refractivity contribution is 6.18.